The van der Waals surface area contributed by atoms with Crippen molar-refractivity contribution < 1.29 is 14.3 Å². The van der Waals surface area contributed by atoms with Crippen molar-refractivity contribution >= 4 is 45.2 Å². The highest BCUT2D eigenvalue weighted by Gasteiger charge is 2.10. The van der Waals surface area contributed by atoms with Gasteiger partial charge in [0.05, 0.1) is 12.8 Å². The van der Waals surface area contributed by atoms with Gasteiger partial charge in [0.2, 0.25) is 5.91 Å². The Morgan fingerprint density at radius 1 is 1.47 bits per heavy atom. The number of alkyl halides is 1. The molecule has 0 atom stereocenters. The van der Waals surface area contributed by atoms with Gasteiger partial charge in [-0.1, -0.05) is 15.9 Å². The van der Waals surface area contributed by atoms with E-state index in [1.54, 1.807) is 18.2 Å². The van der Waals surface area contributed by atoms with Crippen molar-refractivity contribution in [2.45, 2.75) is 0 Å². The first kappa shape index (κ1) is 13.8. The minimum Gasteiger partial charge on any atom is -0.495 e. The average Bonchev–Trinajstić information content (AvgIpc) is 2.29. The van der Waals surface area contributed by atoms with Crippen LogP contribution in [0.5, 0.6) is 5.75 Å². The minimum atomic E-state index is -0.660. The van der Waals surface area contributed by atoms with Gasteiger partial charge in [-0.25, -0.2) is 4.79 Å². The second-order valence-electron chi connectivity index (χ2n) is 2.98. The van der Waals surface area contributed by atoms with Gasteiger partial charge in [0.15, 0.2) is 0 Å². The maximum Gasteiger partial charge on any atom is 0.326 e. The van der Waals surface area contributed by atoms with Crippen LogP contribution < -0.4 is 15.4 Å². The van der Waals surface area contributed by atoms with Crippen LogP contribution in [0.2, 0.25) is 0 Å². The highest BCUT2D eigenvalue weighted by atomic mass is 79.9. The van der Waals surface area contributed by atoms with E-state index in [0.717, 1.165) is 4.47 Å². The predicted octanol–water partition coefficient (Wildman–Crippen LogP) is 2.34. The van der Waals surface area contributed by atoms with Crippen molar-refractivity contribution in [2.75, 3.05) is 18.3 Å². The monoisotopic (exact) mass is 320 g/mol. The van der Waals surface area contributed by atoms with Gasteiger partial charge in [0.1, 0.15) is 11.6 Å². The molecule has 0 unspecified atom stereocenters. The van der Waals surface area contributed by atoms with Crippen LogP contribution in [0.4, 0.5) is 10.5 Å². The molecule has 1 aromatic rings. The zero-order valence-electron chi connectivity index (χ0n) is 8.92. The lowest BCUT2D eigenvalue weighted by atomic mass is 10.3. The van der Waals surface area contributed by atoms with E-state index in [2.05, 4.69) is 26.6 Å². The number of hydrogen-bond donors (Lipinski definition) is 2. The summed E-state index contributed by atoms with van der Waals surface area (Å²) >= 11 is 8.52. The maximum absolute atomic E-state index is 11.4. The van der Waals surface area contributed by atoms with E-state index in [0.29, 0.717) is 11.4 Å². The number of methoxy groups -OCH3 is 1. The zero-order valence-corrected chi connectivity index (χ0v) is 11.3. The fourth-order valence-corrected chi connectivity index (χ4v) is 1.52. The fraction of sp³-hybridized carbons (Fsp3) is 0.200. The van der Waals surface area contributed by atoms with Crippen molar-refractivity contribution in [2.24, 2.45) is 0 Å². The summed E-state index contributed by atoms with van der Waals surface area (Å²) < 4.78 is 5.83. The topological polar surface area (TPSA) is 67.4 Å². The first-order valence-electron chi connectivity index (χ1n) is 4.57. The Kier molecular flexibility index (Phi) is 5.24. The van der Waals surface area contributed by atoms with Crippen molar-refractivity contribution in [3.63, 3.8) is 0 Å². The third-order valence-electron chi connectivity index (χ3n) is 1.78. The normalized spacial score (nSPS) is 9.59. The molecule has 0 aromatic heterocycles. The number of anilines is 1. The van der Waals surface area contributed by atoms with Gasteiger partial charge in [0, 0.05) is 4.47 Å². The molecule has 1 aromatic carbocycles. The lowest BCUT2D eigenvalue weighted by molar-refractivity contribution is -0.117. The summed E-state index contributed by atoms with van der Waals surface area (Å²) in [5.41, 5.74) is 0.446. The molecule has 0 heterocycles. The van der Waals surface area contributed by atoms with Crippen LogP contribution in [0.1, 0.15) is 0 Å². The summed E-state index contributed by atoms with van der Waals surface area (Å²) in [6.07, 6.45) is 0. The van der Waals surface area contributed by atoms with E-state index in [4.69, 9.17) is 16.3 Å². The summed E-state index contributed by atoms with van der Waals surface area (Å²) in [6.45, 7) is 0. The first-order chi connectivity index (χ1) is 8.06. The number of halogens is 2. The molecule has 17 heavy (non-hydrogen) atoms. The molecule has 0 radical (unpaired) electrons. The molecule has 0 aliphatic rings. The van der Waals surface area contributed by atoms with Gasteiger partial charge in [0.25, 0.3) is 0 Å². The van der Waals surface area contributed by atoms with Crippen LogP contribution in [0.15, 0.2) is 22.7 Å². The molecule has 0 saturated carbocycles. The van der Waals surface area contributed by atoms with Gasteiger partial charge in [-0.2, -0.15) is 0 Å². The standard InChI is InChI=1S/C10H10BrClN2O3/c1-17-8-3-2-6(11)4-7(8)13-10(16)14-9(15)5-12/h2-4H,5H2,1H3,(H2,13,14,15,16). The Morgan fingerprint density at radius 3 is 2.76 bits per heavy atom. The smallest absolute Gasteiger partial charge is 0.326 e. The summed E-state index contributed by atoms with van der Waals surface area (Å²) in [4.78, 5) is 22.3. The van der Waals surface area contributed by atoms with Crippen molar-refractivity contribution in [3.8, 4) is 5.75 Å². The third kappa shape index (κ3) is 4.24. The number of amides is 3. The highest BCUT2D eigenvalue weighted by molar-refractivity contribution is 9.10. The predicted molar refractivity (Wildman–Crippen MR) is 68.6 cm³/mol. The molecule has 2 N–H and O–H groups in total. The van der Waals surface area contributed by atoms with Crippen molar-refractivity contribution in [1.82, 2.24) is 5.32 Å². The number of imide groups is 1. The quantitative estimate of drug-likeness (QED) is 0.840. The van der Waals surface area contributed by atoms with Crippen LogP contribution in [0, 0.1) is 0 Å². The molecule has 0 fully saturated rings. The molecule has 0 spiro atoms. The molecule has 3 amide bonds. The molecule has 5 nitrogen and oxygen atoms in total. The van der Waals surface area contributed by atoms with E-state index in [9.17, 15) is 9.59 Å². The second kappa shape index (κ2) is 6.46. The molecular weight excluding hydrogens is 311 g/mol. The van der Waals surface area contributed by atoms with Crippen LogP contribution in [-0.2, 0) is 4.79 Å². The Hall–Kier alpha value is -1.27. The Balaban J connectivity index is 2.76. The van der Waals surface area contributed by atoms with Crippen LogP contribution >= 0.6 is 27.5 Å². The molecule has 0 aliphatic carbocycles. The number of hydrogen-bond acceptors (Lipinski definition) is 3. The van der Waals surface area contributed by atoms with E-state index in [1.165, 1.54) is 7.11 Å². The summed E-state index contributed by atoms with van der Waals surface area (Å²) in [6, 6.07) is 4.45. The van der Waals surface area contributed by atoms with Crippen molar-refractivity contribution in [1.29, 1.82) is 0 Å². The molecule has 0 saturated heterocycles. The lowest BCUT2D eigenvalue weighted by Crippen LogP contribution is -2.35. The molecule has 1 rings (SSSR count). The number of ether oxygens (including phenoxy) is 1. The van der Waals surface area contributed by atoms with Crippen LogP contribution in [-0.4, -0.2) is 24.9 Å². The average molecular weight is 322 g/mol. The second-order valence-corrected chi connectivity index (χ2v) is 4.16. The number of carbonyl (C=O) groups excluding carboxylic acids is 2. The minimum absolute atomic E-state index is 0.275. The van der Waals surface area contributed by atoms with Crippen LogP contribution in [0.25, 0.3) is 0 Å². The van der Waals surface area contributed by atoms with E-state index < -0.39 is 11.9 Å². The Morgan fingerprint density at radius 2 is 2.18 bits per heavy atom. The molecule has 92 valence electrons. The largest absolute Gasteiger partial charge is 0.495 e. The summed E-state index contributed by atoms with van der Waals surface area (Å²) in [5.74, 6) is -0.358. The Labute approximate surface area is 112 Å². The number of carbonyl (C=O) groups is 2. The van der Waals surface area contributed by atoms with Gasteiger partial charge in [-0.3, -0.25) is 10.1 Å². The van der Waals surface area contributed by atoms with Gasteiger partial charge in [-0.05, 0) is 18.2 Å². The molecule has 0 bridgehead atoms. The summed E-state index contributed by atoms with van der Waals surface area (Å²) in [7, 11) is 1.48. The SMILES string of the molecule is COc1ccc(Br)cc1NC(=O)NC(=O)CCl. The van der Waals surface area contributed by atoms with E-state index >= 15 is 0 Å². The van der Waals surface area contributed by atoms with Gasteiger partial charge < -0.3 is 10.1 Å². The zero-order chi connectivity index (χ0) is 12.8. The summed E-state index contributed by atoms with van der Waals surface area (Å²) in [5, 5.41) is 4.54. The molecular formula is C10H10BrClN2O3. The van der Waals surface area contributed by atoms with Gasteiger partial charge >= 0.3 is 6.03 Å². The highest BCUT2D eigenvalue weighted by Crippen LogP contribution is 2.27. The number of nitrogens with one attached hydrogen (secondary N) is 2. The third-order valence-corrected chi connectivity index (χ3v) is 2.52. The Bertz CT molecular complexity index is 440. The molecule has 7 heteroatoms. The number of rotatable bonds is 3. The maximum atomic E-state index is 11.4. The van der Waals surface area contributed by atoms with Crippen LogP contribution in [0.3, 0.4) is 0 Å². The van der Waals surface area contributed by atoms with Gasteiger partial charge in [-0.15, -0.1) is 11.6 Å². The first-order valence-corrected chi connectivity index (χ1v) is 5.90. The fourth-order valence-electron chi connectivity index (χ4n) is 1.09. The van der Waals surface area contributed by atoms with E-state index in [1.807, 2.05) is 0 Å². The molecule has 0 aliphatic heterocycles. The van der Waals surface area contributed by atoms with E-state index in [-0.39, 0.29) is 5.88 Å². The van der Waals surface area contributed by atoms with Crippen molar-refractivity contribution in [3.05, 3.63) is 22.7 Å². The number of urea groups is 1. The number of benzene rings is 1. The lowest BCUT2D eigenvalue weighted by Gasteiger charge is -2.10.